The second kappa shape index (κ2) is 9.29. The van der Waals surface area contributed by atoms with Crippen molar-refractivity contribution in [3.05, 3.63) is 38.2 Å². The fraction of sp³-hybridized carbons (Fsp3) is 0.526. The minimum absolute atomic E-state index is 0.00372. The lowest BCUT2D eigenvalue weighted by Crippen LogP contribution is -2.33. The van der Waals surface area contributed by atoms with Crippen LogP contribution in [0, 0.1) is 0 Å². The summed E-state index contributed by atoms with van der Waals surface area (Å²) in [5, 5.41) is 11.5. The van der Waals surface area contributed by atoms with Crippen molar-refractivity contribution < 1.29 is 14.7 Å². The number of rotatable bonds is 9. The zero-order valence-electron chi connectivity index (χ0n) is 16.4. The topological polar surface area (TPSA) is 134 Å². The van der Waals surface area contributed by atoms with Gasteiger partial charge in [0.25, 0.3) is 11.5 Å². The Kier molecular flexibility index (Phi) is 7.08. The number of aromatic nitrogens is 3. The lowest BCUT2D eigenvalue weighted by atomic mass is 10.0. The Bertz CT molecular complexity index is 990. The van der Waals surface area contributed by atoms with Gasteiger partial charge in [0, 0.05) is 25.2 Å². The number of carbonyl (C=O) groups is 2. The molecule has 2 aromatic rings. The van der Waals surface area contributed by atoms with Crippen molar-refractivity contribution in [2.45, 2.75) is 58.9 Å². The van der Waals surface area contributed by atoms with E-state index in [9.17, 15) is 19.2 Å². The maximum atomic E-state index is 12.7. The standard InChI is InChI=1S/C19H26N4O5/c1-4-9-23-16-15(18(27)22-19(23)28)12(10-13(21-16)11(2)3)17(26)20-8-6-5-7-14(24)25/h10-11H,4-9H2,1-3H3,(H,20,26)(H,24,25)(H,22,27,28). The maximum absolute atomic E-state index is 12.7. The lowest BCUT2D eigenvalue weighted by Gasteiger charge is -2.14. The lowest BCUT2D eigenvalue weighted by molar-refractivity contribution is -0.137. The van der Waals surface area contributed by atoms with Gasteiger partial charge < -0.3 is 10.4 Å². The van der Waals surface area contributed by atoms with Crippen LogP contribution in [0.4, 0.5) is 0 Å². The number of nitrogens with one attached hydrogen (secondary N) is 2. The summed E-state index contributed by atoms with van der Waals surface area (Å²) >= 11 is 0. The number of fused-ring (bicyclic) bond motifs is 1. The monoisotopic (exact) mass is 390 g/mol. The van der Waals surface area contributed by atoms with E-state index >= 15 is 0 Å². The van der Waals surface area contributed by atoms with Crippen molar-refractivity contribution in [3.8, 4) is 0 Å². The number of H-pyrrole nitrogens is 1. The molecule has 152 valence electrons. The first-order valence-corrected chi connectivity index (χ1v) is 9.44. The van der Waals surface area contributed by atoms with E-state index in [1.165, 1.54) is 4.57 Å². The number of carbonyl (C=O) groups excluding carboxylic acids is 1. The van der Waals surface area contributed by atoms with Crippen molar-refractivity contribution in [2.24, 2.45) is 0 Å². The number of pyridine rings is 1. The summed E-state index contributed by atoms with van der Waals surface area (Å²) in [7, 11) is 0. The Morgan fingerprint density at radius 3 is 2.61 bits per heavy atom. The Hall–Kier alpha value is -2.97. The number of aromatic amines is 1. The van der Waals surface area contributed by atoms with Gasteiger partial charge in [0.2, 0.25) is 0 Å². The number of carboxylic acid groups (broad SMARTS) is 1. The molecule has 0 saturated heterocycles. The number of amides is 1. The van der Waals surface area contributed by atoms with E-state index in [0.29, 0.717) is 38.0 Å². The number of carboxylic acids is 1. The molecule has 0 bridgehead atoms. The molecule has 0 saturated carbocycles. The number of aryl methyl sites for hydroxylation is 1. The quantitative estimate of drug-likeness (QED) is 0.557. The number of hydrogen-bond donors (Lipinski definition) is 3. The first kappa shape index (κ1) is 21.3. The molecule has 3 N–H and O–H groups in total. The van der Waals surface area contributed by atoms with E-state index in [0.717, 1.165) is 0 Å². The average molecular weight is 390 g/mol. The summed E-state index contributed by atoms with van der Waals surface area (Å²) in [4.78, 5) is 54.7. The molecule has 1 amide bonds. The summed E-state index contributed by atoms with van der Waals surface area (Å²) in [5.74, 6) is -1.33. The number of hydrogen-bond acceptors (Lipinski definition) is 5. The highest BCUT2D eigenvalue weighted by atomic mass is 16.4. The molecular formula is C19H26N4O5. The molecule has 9 heteroatoms. The average Bonchev–Trinajstić information content (AvgIpc) is 2.63. The van der Waals surface area contributed by atoms with Gasteiger partial charge >= 0.3 is 11.7 Å². The van der Waals surface area contributed by atoms with Gasteiger partial charge in [0.05, 0.1) is 10.9 Å². The predicted octanol–water partition coefficient (Wildman–Crippen LogP) is 1.60. The molecule has 2 aromatic heterocycles. The Balaban J connectivity index is 2.47. The molecule has 0 fully saturated rings. The normalized spacial score (nSPS) is 11.1. The molecule has 0 aliphatic carbocycles. The van der Waals surface area contributed by atoms with Crippen LogP contribution in [0.1, 0.15) is 68.4 Å². The smallest absolute Gasteiger partial charge is 0.329 e. The Morgan fingerprint density at radius 1 is 1.29 bits per heavy atom. The van der Waals surface area contributed by atoms with Crippen LogP contribution in [0.15, 0.2) is 15.7 Å². The number of aliphatic carboxylic acids is 1. The van der Waals surface area contributed by atoms with E-state index in [1.54, 1.807) is 6.07 Å². The van der Waals surface area contributed by atoms with Gasteiger partial charge in [-0.1, -0.05) is 20.8 Å². The van der Waals surface area contributed by atoms with Gasteiger partial charge in [-0.05, 0) is 31.2 Å². The predicted molar refractivity (Wildman–Crippen MR) is 105 cm³/mol. The second-order valence-electron chi connectivity index (χ2n) is 6.97. The van der Waals surface area contributed by atoms with Gasteiger partial charge in [-0.15, -0.1) is 0 Å². The van der Waals surface area contributed by atoms with Crippen molar-refractivity contribution in [3.63, 3.8) is 0 Å². The molecule has 2 heterocycles. The fourth-order valence-corrected chi connectivity index (χ4v) is 2.90. The zero-order chi connectivity index (χ0) is 20.8. The van der Waals surface area contributed by atoms with Crippen LogP contribution < -0.4 is 16.6 Å². The van der Waals surface area contributed by atoms with Crippen LogP contribution in [-0.4, -0.2) is 38.1 Å². The van der Waals surface area contributed by atoms with Crippen LogP contribution in [0.2, 0.25) is 0 Å². The highest BCUT2D eigenvalue weighted by Crippen LogP contribution is 2.19. The second-order valence-corrected chi connectivity index (χ2v) is 6.97. The van der Waals surface area contributed by atoms with Crippen molar-refractivity contribution in [2.75, 3.05) is 6.54 Å². The van der Waals surface area contributed by atoms with Crippen LogP contribution >= 0.6 is 0 Å². The highest BCUT2D eigenvalue weighted by Gasteiger charge is 2.20. The third-order valence-corrected chi connectivity index (χ3v) is 4.35. The summed E-state index contributed by atoms with van der Waals surface area (Å²) in [6, 6.07) is 1.58. The van der Waals surface area contributed by atoms with Crippen LogP contribution in [0.5, 0.6) is 0 Å². The first-order valence-electron chi connectivity index (χ1n) is 9.44. The molecule has 0 unspecified atom stereocenters. The highest BCUT2D eigenvalue weighted by molar-refractivity contribution is 6.05. The molecule has 0 spiro atoms. The van der Waals surface area contributed by atoms with Crippen molar-refractivity contribution in [1.82, 2.24) is 19.9 Å². The van der Waals surface area contributed by atoms with Crippen LogP contribution in [-0.2, 0) is 11.3 Å². The van der Waals surface area contributed by atoms with Gasteiger partial charge in [-0.2, -0.15) is 0 Å². The molecule has 0 aliphatic heterocycles. The molecule has 0 aliphatic rings. The van der Waals surface area contributed by atoms with E-state index in [2.05, 4.69) is 15.3 Å². The van der Waals surface area contributed by atoms with E-state index < -0.39 is 23.1 Å². The number of nitrogens with zero attached hydrogens (tertiary/aromatic N) is 2. The first-order chi connectivity index (χ1) is 13.3. The maximum Gasteiger partial charge on any atom is 0.329 e. The minimum Gasteiger partial charge on any atom is -0.481 e. The van der Waals surface area contributed by atoms with E-state index in [-0.39, 0.29) is 28.9 Å². The molecule has 28 heavy (non-hydrogen) atoms. The summed E-state index contributed by atoms with van der Waals surface area (Å²) in [6.45, 7) is 6.39. The van der Waals surface area contributed by atoms with E-state index in [1.807, 2.05) is 20.8 Å². The third kappa shape index (κ3) is 4.85. The SMILES string of the molecule is CCCn1c(=O)[nH]c(=O)c2c(C(=O)NCCCCC(=O)O)cc(C(C)C)nc21. The van der Waals surface area contributed by atoms with Gasteiger partial charge in [0.1, 0.15) is 0 Å². The third-order valence-electron chi connectivity index (χ3n) is 4.35. The van der Waals surface area contributed by atoms with Crippen LogP contribution in [0.25, 0.3) is 11.0 Å². The molecular weight excluding hydrogens is 364 g/mol. The summed E-state index contributed by atoms with van der Waals surface area (Å²) < 4.78 is 1.38. The molecule has 2 rings (SSSR count). The Labute approximate surface area is 161 Å². The summed E-state index contributed by atoms with van der Waals surface area (Å²) in [5.41, 5.74) is -0.215. The zero-order valence-corrected chi connectivity index (χ0v) is 16.4. The van der Waals surface area contributed by atoms with Gasteiger partial charge in [-0.25, -0.2) is 9.78 Å². The van der Waals surface area contributed by atoms with Gasteiger partial charge in [0.15, 0.2) is 5.65 Å². The Morgan fingerprint density at radius 2 is 2.00 bits per heavy atom. The fourth-order valence-electron chi connectivity index (χ4n) is 2.90. The van der Waals surface area contributed by atoms with E-state index in [4.69, 9.17) is 5.11 Å². The minimum atomic E-state index is -0.881. The molecule has 0 radical (unpaired) electrons. The van der Waals surface area contributed by atoms with Crippen molar-refractivity contribution in [1.29, 1.82) is 0 Å². The summed E-state index contributed by atoms with van der Waals surface area (Å²) in [6.07, 6.45) is 1.66. The van der Waals surface area contributed by atoms with Crippen molar-refractivity contribution >= 4 is 22.9 Å². The largest absolute Gasteiger partial charge is 0.481 e. The molecule has 0 atom stereocenters. The van der Waals surface area contributed by atoms with Crippen LogP contribution in [0.3, 0.4) is 0 Å². The number of unbranched alkanes of at least 4 members (excludes halogenated alkanes) is 1. The molecule has 9 nitrogen and oxygen atoms in total. The molecule has 0 aromatic carbocycles. The van der Waals surface area contributed by atoms with Gasteiger partial charge in [-0.3, -0.25) is 23.9 Å².